The molecule has 2 amide bonds. The number of carbonyl (C=O) groups excluding carboxylic acids is 2. The average molecular weight is 303 g/mol. The molecule has 0 bridgehead atoms. The summed E-state index contributed by atoms with van der Waals surface area (Å²) in [5.74, 6) is -0.284. The van der Waals surface area contributed by atoms with Gasteiger partial charge in [0.2, 0.25) is 11.5 Å². The van der Waals surface area contributed by atoms with Gasteiger partial charge in [0, 0.05) is 33.5 Å². The summed E-state index contributed by atoms with van der Waals surface area (Å²) in [6.45, 7) is 1.99. The Morgan fingerprint density at radius 2 is 2.00 bits per heavy atom. The van der Waals surface area contributed by atoms with Crippen molar-refractivity contribution in [1.82, 2.24) is 10.2 Å². The van der Waals surface area contributed by atoms with Crippen LogP contribution >= 0.6 is 0 Å². The molecule has 22 heavy (non-hydrogen) atoms. The van der Waals surface area contributed by atoms with Gasteiger partial charge in [0.15, 0.2) is 0 Å². The van der Waals surface area contributed by atoms with Gasteiger partial charge in [0.1, 0.15) is 0 Å². The Kier molecular flexibility index (Phi) is 4.80. The van der Waals surface area contributed by atoms with Crippen LogP contribution in [0.3, 0.4) is 0 Å². The predicted octanol–water partition coefficient (Wildman–Crippen LogP) is 1.16. The topological polar surface area (TPSA) is 71.0 Å². The fourth-order valence-corrected chi connectivity index (χ4v) is 2.14. The third-order valence-electron chi connectivity index (χ3n) is 3.57. The van der Waals surface area contributed by atoms with Gasteiger partial charge in [-0.2, -0.15) is 0 Å². The highest BCUT2D eigenvalue weighted by Crippen LogP contribution is 2.26. The summed E-state index contributed by atoms with van der Waals surface area (Å²) in [4.78, 5) is 30.6. The van der Waals surface area contributed by atoms with Crippen LogP contribution in [0.15, 0.2) is 35.5 Å². The van der Waals surface area contributed by atoms with Gasteiger partial charge in [0.25, 0.3) is 5.91 Å². The van der Waals surface area contributed by atoms with Crippen molar-refractivity contribution in [3.8, 4) is 0 Å². The van der Waals surface area contributed by atoms with Gasteiger partial charge in [-0.05, 0) is 12.5 Å². The van der Waals surface area contributed by atoms with Gasteiger partial charge in [-0.15, -0.1) is 0 Å². The van der Waals surface area contributed by atoms with E-state index in [2.05, 4.69) is 10.5 Å². The van der Waals surface area contributed by atoms with E-state index in [1.165, 1.54) is 4.90 Å². The lowest BCUT2D eigenvalue weighted by Gasteiger charge is -2.20. The Bertz CT molecular complexity index is 584. The molecule has 6 heteroatoms. The highest BCUT2D eigenvalue weighted by molar-refractivity contribution is 6.05. The second kappa shape index (κ2) is 6.60. The van der Waals surface area contributed by atoms with E-state index in [0.29, 0.717) is 6.42 Å². The first kappa shape index (κ1) is 16.0. The van der Waals surface area contributed by atoms with E-state index in [-0.39, 0.29) is 24.8 Å². The molecule has 0 radical (unpaired) electrons. The highest BCUT2D eigenvalue weighted by Gasteiger charge is 2.42. The molecule has 1 aromatic rings. The number of carbonyl (C=O) groups is 2. The third-order valence-corrected chi connectivity index (χ3v) is 3.57. The molecule has 118 valence electrons. The molecular weight excluding hydrogens is 282 g/mol. The van der Waals surface area contributed by atoms with E-state index < -0.39 is 5.60 Å². The lowest BCUT2D eigenvalue weighted by atomic mass is 9.95. The fraction of sp³-hybridized carbons (Fsp3) is 0.438. The zero-order valence-electron chi connectivity index (χ0n) is 13.1. The maximum atomic E-state index is 12.3. The van der Waals surface area contributed by atoms with Gasteiger partial charge >= 0.3 is 0 Å². The van der Waals surface area contributed by atoms with Gasteiger partial charge in [-0.3, -0.25) is 9.59 Å². The Labute approximate surface area is 130 Å². The molecule has 0 spiro atoms. The summed E-state index contributed by atoms with van der Waals surface area (Å²) < 4.78 is 0. The van der Waals surface area contributed by atoms with Crippen LogP contribution in [0, 0.1) is 0 Å². The van der Waals surface area contributed by atoms with E-state index in [1.807, 2.05) is 30.3 Å². The van der Waals surface area contributed by atoms with Crippen LogP contribution in [0.4, 0.5) is 0 Å². The van der Waals surface area contributed by atoms with Crippen molar-refractivity contribution in [2.24, 2.45) is 5.16 Å². The standard InChI is InChI=1S/C16H21N3O3/c1-16(15(21)17-10-9-14(20)19(2)3)11-13(18-22-16)12-7-5-4-6-8-12/h4-8H,9-11H2,1-3H3,(H,17,21)/t16-/m1/s1. The molecule has 0 unspecified atom stereocenters. The largest absolute Gasteiger partial charge is 0.379 e. The van der Waals surface area contributed by atoms with E-state index >= 15 is 0 Å². The molecule has 1 atom stereocenters. The number of benzene rings is 1. The molecule has 0 fully saturated rings. The zero-order valence-corrected chi connectivity index (χ0v) is 13.1. The van der Waals surface area contributed by atoms with Crippen LogP contribution in [0.5, 0.6) is 0 Å². The summed E-state index contributed by atoms with van der Waals surface area (Å²) >= 11 is 0. The number of amides is 2. The van der Waals surface area contributed by atoms with Crippen LogP contribution in [0.25, 0.3) is 0 Å². The molecule has 0 saturated heterocycles. The molecule has 0 aliphatic carbocycles. The Morgan fingerprint density at radius 1 is 1.32 bits per heavy atom. The minimum Gasteiger partial charge on any atom is -0.379 e. The van der Waals surface area contributed by atoms with Crippen LogP contribution < -0.4 is 5.32 Å². The molecule has 1 aromatic carbocycles. The predicted molar refractivity (Wildman–Crippen MR) is 83.4 cm³/mol. The Balaban J connectivity index is 1.88. The highest BCUT2D eigenvalue weighted by atomic mass is 16.7. The smallest absolute Gasteiger partial charge is 0.267 e. The van der Waals surface area contributed by atoms with Gasteiger partial charge in [0.05, 0.1) is 5.71 Å². The Morgan fingerprint density at radius 3 is 2.64 bits per heavy atom. The van der Waals surface area contributed by atoms with Crippen LogP contribution in [0.2, 0.25) is 0 Å². The average Bonchev–Trinajstić information content (AvgIpc) is 2.91. The molecular formula is C16H21N3O3. The number of hydrogen-bond donors (Lipinski definition) is 1. The normalized spacial score (nSPS) is 20.0. The van der Waals surface area contributed by atoms with Crippen molar-refractivity contribution in [3.05, 3.63) is 35.9 Å². The number of hydrogen-bond acceptors (Lipinski definition) is 4. The third kappa shape index (κ3) is 3.63. The monoisotopic (exact) mass is 303 g/mol. The minimum atomic E-state index is -1.02. The maximum Gasteiger partial charge on any atom is 0.267 e. The number of rotatable bonds is 5. The van der Waals surface area contributed by atoms with E-state index in [1.54, 1.807) is 21.0 Å². The second-order valence-corrected chi connectivity index (χ2v) is 5.70. The summed E-state index contributed by atoms with van der Waals surface area (Å²) in [6, 6.07) is 9.62. The van der Waals surface area contributed by atoms with Crippen molar-refractivity contribution in [2.45, 2.75) is 25.4 Å². The van der Waals surface area contributed by atoms with Gasteiger partial charge in [-0.1, -0.05) is 35.5 Å². The lowest BCUT2D eigenvalue weighted by Crippen LogP contribution is -2.45. The van der Waals surface area contributed by atoms with Crippen molar-refractivity contribution in [1.29, 1.82) is 0 Å². The van der Waals surface area contributed by atoms with Crippen LogP contribution in [-0.4, -0.2) is 48.7 Å². The molecule has 1 heterocycles. The fourth-order valence-electron chi connectivity index (χ4n) is 2.14. The molecule has 1 aliphatic heterocycles. The van der Waals surface area contributed by atoms with Crippen LogP contribution in [-0.2, 0) is 14.4 Å². The lowest BCUT2D eigenvalue weighted by molar-refractivity contribution is -0.141. The van der Waals surface area contributed by atoms with Crippen molar-refractivity contribution < 1.29 is 14.4 Å². The minimum absolute atomic E-state index is 0.0287. The summed E-state index contributed by atoms with van der Waals surface area (Å²) in [7, 11) is 3.37. The first-order valence-corrected chi connectivity index (χ1v) is 7.21. The number of nitrogens with one attached hydrogen (secondary N) is 1. The van der Waals surface area contributed by atoms with Crippen molar-refractivity contribution >= 4 is 17.5 Å². The van der Waals surface area contributed by atoms with E-state index in [4.69, 9.17) is 4.84 Å². The molecule has 0 saturated carbocycles. The van der Waals surface area contributed by atoms with Crippen molar-refractivity contribution in [2.75, 3.05) is 20.6 Å². The van der Waals surface area contributed by atoms with Crippen molar-refractivity contribution in [3.63, 3.8) is 0 Å². The molecule has 1 aliphatic rings. The second-order valence-electron chi connectivity index (χ2n) is 5.70. The first-order valence-electron chi connectivity index (χ1n) is 7.21. The van der Waals surface area contributed by atoms with E-state index in [0.717, 1.165) is 11.3 Å². The maximum absolute atomic E-state index is 12.3. The Hall–Kier alpha value is -2.37. The first-order chi connectivity index (χ1) is 10.4. The molecule has 1 N–H and O–H groups in total. The number of oxime groups is 1. The van der Waals surface area contributed by atoms with E-state index in [9.17, 15) is 9.59 Å². The summed E-state index contributed by atoms with van der Waals surface area (Å²) in [5.41, 5.74) is 0.677. The molecule has 2 rings (SSSR count). The molecule has 0 aromatic heterocycles. The van der Waals surface area contributed by atoms with Gasteiger partial charge < -0.3 is 15.1 Å². The quantitative estimate of drug-likeness (QED) is 0.887. The zero-order chi connectivity index (χ0) is 16.2. The van der Waals surface area contributed by atoms with Gasteiger partial charge in [-0.25, -0.2) is 0 Å². The van der Waals surface area contributed by atoms with Crippen LogP contribution in [0.1, 0.15) is 25.3 Å². The summed E-state index contributed by atoms with van der Waals surface area (Å²) in [5, 5.41) is 6.77. The SMILES string of the molecule is CN(C)C(=O)CCNC(=O)[C@@]1(C)CC(c2ccccc2)=NO1. The summed E-state index contributed by atoms with van der Waals surface area (Å²) in [6.07, 6.45) is 0.672. The molecule has 6 nitrogen and oxygen atoms in total. The number of nitrogens with zero attached hydrogens (tertiary/aromatic N) is 2.